The molecule has 6 nitrogen and oxygen atoms in total. The summed E-state index contributed by atoms with van der Waals surface area (Å²) in [7, 11) is 2.08. The second-order valence-corrected chi connectivity index (χ2v) is 6.60. The quantitative estimate of drug-likeness (QED) is 0.806. The number of nitrogens with zero attached hydrogens (tertiary/aromatic N) is 6. The fourth-order valence-electron chi connectivity index (χ4n) is 3.07. The number of pyridine rings is 1. The summed E-state index contributed by atoms with van der Waals surface area (Å²) in [5.74, 6) is 2.92. The number of hydrogen-bond donors (Lipinski definition) is 0. The van der Waals surface area contributed by atoms with Gasteiger partial charge < -0.3 is 14.7 Å². The minimum absolute atomic E-state index is 0.829. The molecule has 0 spiro atoms. The van der Waals surface area contributed by atoms with Crippen molar-refractivity contribution in [3.8, 4) is 0 Å². The SMILES string of the molecule is CCCCN(C)c1nc(C)cc(N2CCN(c3ccccn3)CC2)n1. The predicted molar refractivity (Wildman–Crippen MR) is 104 cm³/mol. The Kier molecular flexibility index (Phi) is 5.68. The van der Waals surface area contributed by atoms with Gasteiger partial charge in [0, 0.05) is 57.7 Å². The molecule has 1 aliphatic rings. The van der Waals surface area contributed by atoms with Crippen molar-refractivity contribution in [3.63, 3.8) is 0 Å². The van der Waals surface area contributed by atoms with Gasteiger partial charge in [0.25, 0.3) is 0 Å². The van der Waals surface area contributed by atoms with Crippen LogP contribution in [0.2, 0.25) is 0 Å². The molecule has 1 aliphatic heterocycles. The molecule has 0 amide bonds. The fourth-order valence-corrected chi connectivity index (χ4v) is 3.07. The number of hydrogen-bond acceptors (Lipinski definition) is 6. The standard InChI is InChI=1S/C19H28N6/c1-4-5-10-23(3)19-21-16(2)15-18(22-19)25-13-11-24(12-14-25)17-8-6-7-9-20-17/h6-9,15H,4-5,10-14H2,1-3H3. The Morgan fingerprint density at radius 1 is 1.04 bits per heavy atom. The van der Waals surface area contributed by atoms with Crippen LogP contribution >= 0.6 is 0 Å². The van der Waals surface area contributed by atoms with Gasteiger partial charge in [-0.1, -0.05) is 19.4 Å². The van der Waals surface area contributed by atoms with Gasteiger partial charge in [0.05, 0.1) is 0 Å². The number of piperazine rings is 1. The van der Waals surface area contributed by atoms with Gasteiger partial charge in [-0.25, -0.2) is 9.97 Å². The zero-order valence-corrected chi connectivity index (χ0v) is 15.5. The lowest BCUT2D eigenvalue weighted by atomic mass is 10.3. The van der Waals surface area contributed by atoms with Crippen molar-refractivity contribution in [2.75, 3.05) is 54.5 Å². The Labute approximate surface area is 150 Å². The van der Waals surface area contributed by atoms with Crippen molar-refractivity contribution in [2.24, 2.45) is 0 Å². The van der Waals surface area contributed by atoms with Crippen LogP contribution in [-0.2, 0) is 0 Å². The zero-order chi connectivity index (χ0) is 17.6. The van der Waals surface area contributed by atoms with E-state index in [0.717, 1.165) is 62.4 Å². The van der Waals surface area contributed by atoms with E-state index in [4.69, 9.17) is 4.98 Å². The van der Waals surface area contributed by atoms with Crippen LogP contribution in [-0.4, -0.2) is 54.7 Å². The van der Waals surface area contributed by atoms with Crippen LogP contribution in [0.4, 0.5) is 17.6 Å². The lowest BCUT2D eigenvalue weighted by Gasteiger charge is -2.36. The fraction of sp³-hybridized carbons (Fsp3) is 0.526. The summed E-state index contributed by atoms with van der Waals surface area (Å²) in [5.41, 5.74) is 1.02. The maximum absolute atomic E-state index is 4.81. The van der Waals surface area contributed by atoms with E-state index in [9.17, 15) is 0 Å². The molecule has 0 unspecified atom stereocenters. The van der Waals surface area contributed by atoms with Crippen molar-refractivity contribution in [1.29, 1.82) is 0 Å². The van der Waals surface area contributed by atoms with Crippen molar-refractivity contribution in [1.82, 2.24) is 15.0 Å². The van der Waals surface area contributed by atoms with E-state index in [1.54, 1.807) is 0 Å². The summed E-state index contributed by atoms with van der Waals surface area (Å²) in [6.45, 7) is 9.06. The van der Waals surface area contributed by atoms with E-state index >= 15 is 0 Å². The number of rotatable bonds is 6. The molecule has 2 aromatic heterocycles. The molecule has 0 saturated carbocycles. The van der Waals surface area contributed by atoms with E-state index in [1.807, 2.05) is 25.3 Å². The molecule has 0 radical (unpaired) electrons. The van der Waals surface area contributed by atoms with Crippen LogP contribution in [0.3, 0.4) is 0 Å². The average molecular weight is 340 g/mol. The number of aryl methyl sites for hydroxylation is 1. The Bertz CT molecular complexity index is 667. The third-order valence-electron chi connectivity index (χ3n) is 4.59. The largest absolute Gasteiger partial charge is 0.353 e. The highest BCUT2D eigenvalue weighted by molar-refractivity contribution is 5.48. The van der Waals surface area contributed by atoms with Gasteiger partial charge in [0.1, 0.15) is 11.6 Å². The minimum Gasteiger partial charge on any atom is -0.353 e. The Balaban J connectivity index is 1.67. The van der Waals surface area contributed by atoms with E-state index in [-0.39, 0.29) is 0 Å². The monoisotopic (exact) mass is 340 g/mol. The Hall–Kier alpha value is -2.37. The van der Waals surface area contributed by atoms with Gasteiger partial charge in [-0.15, -0.1) is 0 Å². The van der Waals surface area contributed by atoms with Crippen LogP contribution in [0.1, 0.15) is 25.5 Å². The van der Waals surface area contributed by atoms with E-state index < -0.39 is 0 Å². The third kappa shape index (κ3) is 4.38. The van der Waals surface area contributed by atoms with Crippen LogP contribution in [0, 0.1) is 6.92 Å². The van der Waals surface area contributed by atoms with E-state index in [1.165, 1.54) is 6.42 Å². The lowest BCUT2D eigenvalue weighted by molar-refractivity contribution is 0.639. The van der Waals surface area contributed by atoms with Gasteiger partial charge >= 0.3 is 0 Å². The molecule has 2 aromatic rings. The minimum atomic E-state index is 0.829. The Morgan fingerprint density at radius 2 is 1.76 bits per heavy atom. The normalized spacial score (nSPS) is 14.7. The maximum Gasteiger partial charge on any atom is 0.227 e. The smallest absolute Gasteiger partial charge is 0.227 e. The summed E-state index contributed by atoms with van der Waals surface area (Å²) < 4.78 is 0. The first-order valence-corrected chi connectivity index (χ1v) is 9.15. The predicted octanol–water partition coefficient (Wildman–Crippen LogP) is 2.74. The molecule has 0 bridgehead atoms. The van der Waals surface area contributed by atoms with Crippen LogP contribution in [0.15, 0.2) is 30.5 Å². The van der Waals surface area contributed by atoms with Crippen LogP contribution in [0.25, 0.3) is 0 Å². The zero-order valence-electron chi connectivity index (χ0n) is 15.5. The highest BCUT2D eigenvalue weighted by Crippen LogP contribution is 2.20. The molecule has 1 fully saturated rings. The summed E-state index contributed by atoms with van der Waals surface area (Å²) in [5, 5.41) is 0. The summed E-state index contributed by atoms with van der Waals surface area (Å²) >= 11 is 0. The summed E-state index contributed by atoms with van der Waals surface area (Å²) in [6.07, 6.45) is 4.19. The summed E-state index contributed by atoms with van der Waals surface area (Å²) in [4.78, 5) is 20.7. The van der Waals surface area contributed by atoms with Crippen molar-refractivity contribution in [2.45, 2.75) is 26.7 Å². The second kappa shape index (κ2) is 8.14. The van der Waals surface area contributed by atoms with Crippen LogP contribution in [0.5, 0.6) is 0 Å². The second-order valence-electron chi connectivity index (χ2n) is 6.60. The maximum atomic E-state index is 4.81. The summed E-state index contributed by atoms with van der Waals surface area (Å²) in [6, 6.07) is 8.17. The number of unbranched alkanes of at least 4 members (excludes halogenated alkanes) is 1. The first-order valence-electron chi connectivity index (χ1n) is 9.15. The van der Waals surface area contributed by atoms with Crippen LogP contribution < -0.4 is 14.7 Å². The Morgan fingerprint density at radius 3 is 2.40 bits per heavy atom. The molecule has 25 heavy (non-hydrogen) atoms. The van der Waals surface area contributed by atoms with Gasteiger partial charge in [-0.2, -0.15) is 4.98 Å². The van der Waals surface area contributed by atoms with Crippen molar-refractivity contribution >= 4 is 17.6 Å². The van der Waals surface area contributed by atoms with E-state index in [0.29, 0.717) is 0 Å². The third-order valence-corrected chi connectivity index (χ3v) is 4.59. The molecule has 1 saturated heterocycles. The van der Waals surface area contributed by atoms with Crippen molar-refractivity contribution in [3.05, 3.63) is 36.2 Å². The van der Waals surface area contributed by atoms with Gasteiger partial charge in [-0.3, -0.25) is 0 Å². The first kappa shape index (κ1) is 17.5. The molecule has 3 heterocycles. The first-order chi connectivity index (χ1) is 12.2. The number of aromatic nitrogens is 3. The molecule has 3 rings (SSSR count). The highest BCUT2D eigenvalue weighted by Gasteiger charge is 2.20. The molecule has 0 aromatic carbocycles. The average Bonchev–Trinajstić information content (AvgIpc) is 2.66. The molecule has 0 atom stereocenters. The molecule has 0 N–H and O–H groups in total. The van der Waals surface area contributed by atoms with E-state index in [2.05, 4.69) is 50.8 Å². The highest BCUT2D eigenvalue weighted by atomic mass is 15.3. The lowest BCUT2D eigenvalue weighted by Crippen LogP contribution is -2.47. The molecular formula is C19H28N6. The van der Waals surface area contributed by atoms with Gasteiger partial charge in [0.2, 0.25) is 5.95 Å². The van der Waals surface area contributed by atoms with Gasteiger partial charge in [0.15, 0.2) is 0 Å². The van der Waals surface area contributed by atoms with Crippen molar-refractivity contribution < 1.29 is 0 Å². The molecule has 6 heteroatoms. The molecule has 0 aliphatic carbocycles. The number of anilines is 3. The topological polar surface area (TPSA) is 48.4 Å². The molecule has 134 valence electrons. The van der Waals surface area contributed by atoms with Gasteiger partial charge in [-0.05, 0) is 25.5 Å². The molecular weight excluding hydrogens is 312 g/mol.